The Labute approximate surface area is 232 Å². The Morgan fingerprint density at radius 3 is 2.18 bits per heavy atom. The van der Waals surface area contributed by atoms with Gasteiger partial charge in [0.15, 0.2) is 12.1 Å². The van der Waals surface area contributed by atoms with Gasteiger partial charge in [-0.25, -0.2) is 22.7 Å². The van der Waals surface area contributed by atoms with Gasteiger partial charge in [0.2, 0.25) is 10.0 Å². The summed E-state index contributed by atoms with van der Waals surface area (Å²) in [5.41, 5.74) is -0.471. The molecular formula is C24H30ClN4O8PS. The lowest BCUT2D eigenvalue weighted by molar-refractivity contribution is -0.00810. The second kappa shape index (κ2) is 11.0. The summed E-state index contributed by atoms with van der Waals surface area (Å²) in [6.45, 7) is 0.673. The number of nitrogens with one attached hydrogen (secondary N) is 1. The van der Waals surface area contributed by atoms with Crippen molar-refractivity contribution in [2.75, 3.05) is 0 Å². The van der Waals surface area contributed by atoms with Crippen LogP contribution in [0.4, 0.5) is 11.5 Å². The van der Waals surface area contributed by atoms with E-state index in [0.29, 0.717) is 24.0 Å². The van der Waals surface area contributed by atoms with Crippen LogP contribution < -0.4 is 4.72 Å². The van der Waals surface area contributed by atoms with E-state index in [1.165, 1.54) is 50.5 Å². The smallest absolute Gasteiger partial charge is 0.469 e. The molecule has 0 amide bonds. The van der Waals surface area contributed by atoms with Crippen molar-refractivity contribution in [3.05, 3.63) is 41.1 Å². The van der Waals surface area contributed by atoms with Gasteiger partial charge in [0.25, 0.3) is 0 Å². The highest BCUT2D eigenvalue weighted by atomic mass is 35.5. The Balaban J connectivity index is 0.00000353. The quantitative estimate of drug-likeness (QED) is 0.181. The van der Waals surface area contributed by atoms with E-state index in [0.717, 1.165) is 19.3 Å². The number of carbonyl (C=O) groups is 1. The highest BCUT2D eigenvalue weighted by molar-refractivity contribution is 7.89. The van der Waals surface area contributed by atoms with Crippen LogP contribution in [0.1, 0.15) is 60.1 Å². The zero-order valence-electron chi connectivity index (χ0n) is 21.1. The Kier molecular flexibility index (Phi) is 8.36. The molecule has 1 aromatic heterocycles. The fourth-order valence-corrected chi connectivity index (χ4v) is 8.34. The summed E-state index contributed by atoms with van der Waals surface area (Å²) < 4.78 is 45.1. The molecule has 12 nitrogen and oxygen atoms in total. The number of pyridine rings is 1. The summed E-state index contributed by atoms with van der Waals surface area (Å²) in [6, 6.07) is 5.80. The number of aldehydes is 1. The minimum Gasteiger partial charge on any atom is -0.505 e. The number of aromatic hydroxyl groups is 1. The van der Waals surface area contributed by atoms with E-state index in [1.807, 2.05) is 0 Å². The monoisotopic (exact) mass is 600 g/mol. The SMILES string of the molecule is Cc1nc(N=Nc2ccc(S(=O)(=O)NC34CC5CC(CC(C5)C3)C4)cc2)c(COP(=O)(O)O)c(C=O)c1O.Cl. The van der Waals surface area contributed by atoms with Gasteiger partial charge in [0, 0.05) is 11.1 Å². The summed E-state index contributed by atoms with van der Waals surface area (Å²) in [6.07, 6.45) is 6.59. The summed E-state index contributed by atoms with van der Waals surface area (Å²) in [7, 11) is -8.64. The van der Waals surface area contributed by atoms with Gasteiger partial charge < -0.3 is 14.9 Å². The van der Waals surface area contributed by atoms with Crippen LogP contribution in [-0.2, 0) is 25.7 Å². The summed E-state index contributed by atoms with van der Waals surface area (Å²) >= 11 is 0. The number of benzene rings is 1. The molecule has 2 aromatic rings. The largest absolute Gasteiger partial charge is 0.505 e. The van der Waals surface area contributed by atoms with Gasteiger partial charge in [0.05, 0.1) is 28.4 Å². The van der Waals surface area contributed by atoms with E-state index < -0.39 is 30.2 Å². The van der Waals surface area contributed by atoms with E-state index in [1.54, 1.807) is 0 Å². The van der Waals surface area contributed by atoms with Crippen molar-refractivity contribution in [1.82, 2.24) is 9.71 Å². The van der Waals surface area contributed by atoms with Crippen LogP contribution in [0.3, 0.4) is 0 Å². The van der Waals surface area contributed by atoms with Crippen molar-refractivity contribution in [1.29, 1.82) is 0 Å². The Bertz CT molecular complexity index is 1410. The van der Waals surface area contributed by atoms with Crippen LogP contribution in [0.25, 0.3) is 0 Å². The molecule has 15 heteroatoms. The lowest BCUT2D eigenvalue weighted by atomic mass is 9.53. The zero-order chi connectivity index (χ0) is 27.3. The number of sulfonamides is 1. The Hall–Kier alpha value is -2.25. The zero-order valence-corrected chi connectivity index (χ0v) is 23.6. The predicted molar refractivity (Wildman–Crippen MR) is 142 cm³/mol. The fourth-order valence-electron chi connectivity index (χ4n) is 6.61. The number of hydrogen-bond donors (Lipinski definition) is 4. The molecule has 0 spiro atoms. The van der Waals surface area contributed by atoms with E-state index >= 15 is 0 Å². The molecule has 4 fully saturated rings. The number of phosphoric acid groups is 1. The first-order chi connectivity index (χ1) is 17.9. The molecule has 39 heavy (non-hydrogen) atoms. The van der Waals surface area contributed by atoms with E-state index in [-0.39, 0.29) is 51.2 Å². The van der Waals surface area contributed by atoms with Crippen molar-refractivity contribution in [2.45, 2.75) is 62.5 Å². The molecule has 0 radical (unpaired) electrons. The first kappa shape index (κ1) is 29.7. The average molecular weight is 601 g/mol. The first-order valence-corrected chi connectivity index (χ1v) is 15.3. The second-order valence-corrected chi connectivity index (χ2v) is 13.6. The molecule has 1 heterocycles. The number of rotatable bonds is 9. The molecule has 0 aliphatic heterocycles. The number of azo groups is 1. The highest BCUT2D eigenvalue weighted by Gasteiger charge is 2.52. The first-order valence-electron chi connectivity index (χ1n) is 12.3. The van der Waals surface area contributed by atoms with Crippen molar-refractivity contribution in [3.63, 3.8) is 0 Å². The van der Waals surface area contributed by atoms with Gasteiger partial charge in [0.1, 0.15) is 5.75 Å². The van der Waals surface area contributed by atoms with Gasteiger partial charge >= 0.3 is 7.82 Å². The minimum atomic E-state index is -4.89. The van der Waals surface area contributed by atoms with Crippen molar-refractivity contribution < 1.29 is 37.2 Å². The van der Waals surface area contributed by atoms with Crippen molar-refractivity contribution in [2.24, 2.45) is 28.0 Å². The van der Waals surface area contributed by atoms with E-state index in [4.69, 9.17) is 9.79 Å². The van der Waals surface area contributed by atoms with Crippen molar-refractivity contribution in [3.8, 4) is 5.75 Å². The third kappa shape index (κ3) is 6.40. The molecule has 1 aromatic carbocycles. The lowest BCUT2D eigenvalue weighted by Crippen LogP contribution is -2.59. The molecule has 0 unspecified atom stereocenters. The van der Waals surface area contributed by atoms with Crippen LogP contribution in [0.15, 0.2) is 39.4 Å². The van der Waals surface area contributed by atoms with Crippen molar-refractivity contribution >= 4 is 48.0 Å². The fraction of sp³-hybridized carbons (Fsp3) is 0.500. The third-order valence-corrected chi connectivity index (χ3v) is 9.82. The van der Waals surface area contributed by atoms with Gasteiger partial charge in [-0.05, 0) is 87.5 Å². The van der Waals surface area contributed by atoms with Crippen LogP contribution >= 0.6 is 20.2 Å². The Morgan fingerprint density at radius 1 is 1.10 bits per heavy atom. The Morgan fingerprint density at radius 2 is 1.67 bits per heavy atom. The maximum absolute atomic E-state index is 13.2. The second-order valence-electron chi connectivity index (χ2n) is 10.6. The van der Waals surface area contributed by atoms with Crippen LogP contribution in [0.5, 0.6) is 5.75 Å². The number of halogens is 1. The van der Waals surface area contributed by atoms with Gasteiger partial charge in [-0.3, -0.25) is 9.32 Å². The van der Waals surface area contributed by atoms with Gasteiger partial charge in [-0.15, -0.1) is 22.6 Å². The molecule has 4 aliphatic carbocycles. The molecule has 4 N–H and O–H groups in total. The lowest BCUT2D eigenvalue weighted by Gasteiger charge is -2.56. The number of hydrogen-bond acceptors (Lipinski definition) is 9. The molecule has 0 atom stereocenters. The molecule has 4 bridgehead atoms. The standard InChI is InChI=1S/C24H29N4O8PS.ClH/c1-14-22(30)20(12-29)21(13-36-37(31,32)33)23(25-14)27-26-18-2-4-19(5-3-18)38(34,35)28-24-9-15-6-16(10-24)8-17(7-15)11-24;/h2-5,12,15-17,28,30H,6-11,13H2,1H3,(H2,31,32,33);1H. The van der Waals surface area contributed by atoms with Crippen LogP contribution in [-0.4, -0.2) is 40.1 Å². The third-order valence-electron chi connectivity index (χ3n) is 7.76. The van der Waals surface area contributed by atoms with E-state index in [9.17, 15) is 22.9 Å². The number of nitrogens with zero attached hydrogens (tertiary/aromatic N) is 3. The average Bonchev–Trinajstić information content (AvgIpc) is 2.81. The summed E-state index contributed by atoms with van der Waals surface area (Å²) in [4.78, 5) is 33.8. The maximum Gasteiger partial charge on any atom is 0.469 e. The minimum absolute atomic E-state index is 0. The highest BCUT2D eigenvalue weighted by Crippen LogP contribution is 2.56. The normalized spacial score (nSPS) is 26.1. The maximum atomic E-state index is 13.2. The molecule has 212 valence electrons. The number of phosphoric ester groups is 1. The molecule has 4 aliphatic rings. The number of carbonyl (C=O) groups excluding carboxylic acids is 1. The topological polar surface area (TPSA) is 188 Å². The van der Waals surface area contributed by atoms with Gasteiger partial charge in [-0.1, -0.05) is 0 Å². The number of aryl methyl sites for hydroxylation is 1. The molecule has 0 saturated heterocycles. The van der Waals surface area contributed by atoms with Crippen LogP contribution in [0.2, 0.25) is 0 Å². The van der Waals surface area contributed by atoms with Gasteiger partial charge in [-0.2, -0.15) is 0 Å². The molecule has 6 rings (SSSR count). The van der Waals surface area contributed by atoms with E-state index in [2.05, 4.69) is 24.5 Å². The summed E-state index contributed by atoms with van der Waals surface area (Å²) in [5.74, 6) is 1.14. The molecular weight excluding hydrogens is 571 g/mol. The molecule has 4 saturated carbocycles. The number of aromatic nitrogens is 1. The summed E-state index contributed by atoms with van der Waals surface area (Å²) in [5, 5.41) is 18.1. The van der Waals surface area contributed by atoms with Crippen LogP contribution in [0, 0.1) is 24.7 Å². The predicted octanol–water partition coefficient (Wildman–Crippen LogP) is 4.60.